The van der Waals surface area contributed by atoms with Gasteiger partial charge < -0.3 is 14.5 Å². The monoisotopic (exact) mass is 423 g/mol. The van der Waals surface area contributed by atoms with E-state index in [2.05, 4.69) is 14.9 Å². The molecule has 6 nitrogen and oxygen atoms in total. The molecule has 1 aromatic heterocycles. The molecule has 162 valence electrons. The summed E-state index contributed by atoms with van der Waals surface area (Å²) in [5.41, 5.74) is 2.13. The minimum atomic E-state index is -0.236. The third-order valence-electron chi connectivity index (χ3n) is 5.84. The first kappa shape index (κ1) is 21.1. The third kappa shape index (κ3) is 4.46. The molecule has 0 aliphatic carbocycles. The highest BCUT2D eigenvalue weighted by atomic mass is 19.1. The van der Waals surface area contributed by atoms with Crippen molar-refractivity contribution in [2.45, 2.75) is 25.3 Å². The number of likely N-dealkylation sites (tertiary alicyclic amines) is 1. The third-order valence-corrected chi connectivity index (χ3v) is 5.84. The van der Waals surface area contributed by atoms with E-state index in [0.29, 0.717) is 36.7 Å². The summed E-state index contributed by atoms with van der Waals surface area (Å²) in [6, 6.07) is 14.1. The van der Waals surface area contributed by atoms with E-state index in [-0.39, 0.29) is 23.2 Å². The Hall–Kier alpha value is -3.19. The Bertz CT molecular complexity index is 1130. The fourth-order valence-electron chi connectivity index (χ4n) is 4.44. The Morgan fingerprint density at radius 3 is 2.58 bits per heavy atom. The molecule has 1 aliphatic rings. The number of aryl methyl sites for hydroxylation is 1. The number of aromatic nitrogens is 2. The number of hydrogen-bond acceptors (Lipinski definition) is 5. The van der Waals surface area contributed by atoms with Crippen molar-refractivity contribution in [3.8, 4) is 11.5 Å². The van der Waals surface area contributed by atoms with Crippen molar-refractivity contribution < 1.29 is 13.9 Å². The molecule has 1 aliphatic heterocycles. The predicted octanol–water partition coefficient (Wildman–Crippen LogP) is 3.62. The molecule has 4 rings (SSSR count). The maximum Gasteiger partial charge on any atom is 0.251 e. The fourth-order valence-corrected chi connectivity index (χ4v) is 4.44. The average Bonchev–Trinajstić information content (AvgIpc) is 3.17. The first-order chi connectivity index (χ1) is 15.0. The predicted molar refractivity (Wildman–Crippen MR) is 116 cm³/mol. The van der Waals surface area contributed by atoms with Gasteiger partial charge in [0.1, 0.15) is 23.1 Å². The van der Waals surface area contributed by atoms with Gasteiger partial charge in [0.15, 0.2) is 0 Å². The highest BCUT2D eigenvalue weighted by Crippen LogP contribution is 2.40. The van der Waals surface area contributed by atoms with E-state index in [1.807, 2.05) is 30.3 Å². The zero-order valence-corrected chi connectivity index (χ0v) is 17.9. The number of halogens is 1. The largest absolute Gasteiger partial charge is 0.497 e. The van der Waals surface area contributed by atoms with Gasteiger partial charge in [-0.25, -0.2) is 9.37 Å². The van der Waals surface area contributed by atoms with Crippen LogP contribution >= 0.6 is 0 Å². The van der Waals surface area contributed by atoms with Crippen molar-refractivity contribution in [2.75, 3.05) is 27.3 Å². The summed E-state index contributed by atoms with van der Waals surface area (Å²) >= 11 is 0. The van der Waals surface area contributed by atoms with Crippen molar-refractivity contribution in [2.24, 2.45) is 0 Å². The van der Waals surface area contributed by atoms with Crippen molar-refractivity contribution in [1.29, 1.82) is 0 Å². The first-order valence-corrected chi connectivity index (χ1v) is 10.2. The smallest absolute Gasteiger partial charge is 0.251 e. The lowest BCUT2D eigenvalue weighted by Crippen LogP contribution is -2.21. The number of H-pyrrole nitrogens is 1. The van der Waals surface area contributed by atoms with E-state index in [1.54, 1.807) is 27.2 Å². The van der Waals surface area contributed by atoms with E-state index in [9.17, 15) is 9.18 Å². The van der Waals surface area contributed by atoms with Crippen LogP contribution in [0.3, 0.4) is 0 Å². The lowest BCUT2D eigenvalue weighted by Gasteiger charge is -2.19. The molecule has 1 saturated heterocycles. The van der Waals surface area contributed by atoms with Crippen molar-refractivity contribution in [3.05, 3.63) is 87.3 Å². The number of rotatable bonds is 6. The van der Waals surface area contributed by atoms with Gasteiger partial charge >= 0.3 is 0 Å². The van der Waals surface area contributed by atoms with Gasteiger partial charge in [0.05, 0.1) is 19.9 Å². The molecule has 3 aromatic rings. The van der Waals surface area contributed by atoms with Gasteiger partial charge in [-0.15, -0.1) is 0 Å². The Morgan fingerprint density at radius 2 is 1.87 bits per heavy atom. The molecule has 0 unspecified atom stereocenters. The number of hydrogen-bond donors (Lipinski definition) is 1. The summed E-state index contributed by atoms with van der Waals surface area (Å²) in [6.07, 6.45) is 0. The van der Waals surface area contributed by atoms with Crippen LogP contribution in [0.25, 0.3) is 0 Å². The Labute approximate surface area is 180 Å². The molecule has 0 spiro atoms. The zero-order valence-electron chi connectivity index (χ0n) is 17.9. The summed E-state index contributed by atoms with van der Waals surface area (Å²) in [7, 11) is 3.27. The average molecular weight is 423 g/mol. The molecule has 0 amide bonds. The second-order valence-corrected chi connectivity index (χ2v) is 7.86. The van der Waals surface area contributed by atoms with Crippen molar-refractivity contribution >= 4 is 0 Å². The molecule has 2 heterocycles. The maximum absolute atomic E-state index is 14.7. The molecular weight excluding hydrogens is 397 g/mol. The van der Waals surface area contributed by atoms with Crippen molar-refractivity contribution in [1.82, 2.24) is 14.9 Å². The highest BCUT2D eigenvalue weighted by Gasteiger charge is 2.37. The summed E-state index contributed by atoms with van der Waals surface area (Å²) in [5.74, 6) is 1.63. The number of methoxy groups -OCH3 is 2. The van der Waals surface area contributed by atoms with Crippen LogP contribution in [0.1, 0.15) is 34.5 Å². The molecule has 2 atom stereocenters. The molecule has 7 heteroatoms. The van der Waals surface area contributed by atoms with Gasteiger partial charge in [-0.1, -0.05) is 18.2 Å². The van der Waals surface area contributed by atoms with Gasteiger partial charge in [0, 0.05) is 43.1 Å². The van der Waals surface area contributed by atoms with E-state index in [4.69, 9.17) is 9.47 Å². The Balaban J connectivity index is 1.69. The van der Waals surface area contributed by atoms with Crippen molar-refractivity contribution in [3.63, 3.8) is 0 Å². The van der Waals surface area contributed by atoms with Gasteiger partial charge in [0.25, 0.3) is 5.56 Å². The van der Waals surface area contributed by atoms with Gasteiger partial charge in [0.2, 0.25) is 0 Å². The molecule has 1 N–H and O–H groups in total. The number of nitrogens with zero attached hydrogens (tertiary/aromatic N) is 2. The zero-order chi connectivity index (χ0) is 22.0. The SMILES string of the molecule is COc1ccc(OC)c(CN2C[C@@H](c3cc(=O)[nH]c(C)n3)[C@H](c3ccccc3F)C2)c1. The topological polar surface area (TPSA) is 67.5 Å². The van der Waals surface area contributed by atoms with Crippen LogP contribution < -0.4 is 15.0 Å². The number of benzene rings is 2. The van der Waals surface area contributed by atoms with Crippen LogP contribution in [0.15, 0.2) is 53.3 Å². The molecule has 0 bridgehead atoms. The normalized spacial score (nSPS) is 18.8. The standard InChI is InChI=1S/C24H26FN3O3/c1-15-26-22(11-24(29)27-15)20-14-28(13-19(20)18-6-4-5-7-21(18)25)12-16-10-17(30-2)8-9-23(16)31-3/h4-11,19-20H,12-14H2,1-3H3,(H,26,27,29)/t19-,20+/m0/s1. The second-order valence-electron chi connectivity index (χ2n) is 7.86. The number of ether oxygens (including phenoxy) is 2. The molecule has 1 fully saturated rings. The minimum Gasteiger partial charge on any atom is -0.497 e. The van der Waals surface area contributed by atoms with Crippen LogP contribution in [0.5, 0.6) is 11.5 Å². The molecule has 2 aromatic carbocycles. The lowest BCUT2D eigenvalue weighted by molar-refractivity contribution is 0.312. The second kappa shape index (κ2) is 8.89. The van der Waals surface area contributed by atoms with Crippen LogP contribution in [-0.2, 0) is 6.54 Å². The maximum atomic E-state index is 14.7. The molecule has 0 saturated carbocycles. The van der Waals surface area contributed by atoms with Crippen LogP contribution in [0.4, 0.5) is 4.39 Å². The highest BCUT2D eigenvalue weighted by molar-refractivity contribution is 5.40. The Kier molecular flexibility index (Phi) is 6.04. The fraction of sp³-hybridized carbons (Fsp3) is 0.333. The number of nitrogens with one attached hydrogen (secondary N) is 1. The number of aromatic amines is 1. The van der Waals surface area contributed by atoms with E-state index in [1.165, 1.54) is 12.1 Å². The lowest BCUT2D eigenvalue weighted by atomic mass is 9.86. The van der Waals surface area contributed by atoms with E-state index in [0.717, 1.165) is 17.1 Å². The summed E-state index contributed by atoms with van der Waals surface area (Å²) in [4.78, 5) is 21.6. The van der Waals surface area contributed by atoms with Crippen LogP contribution in [-0.4, -0.2) is 42.2 Å². The minimum absolute atomic E-state index is 0.102. The summed E-state index contributed by atoms with van der Waals surface area (Å²) < 4.78 is 25.6. The van der Waals surface area contributed by atoms with Gasteiger partial charge in [-0.05, 0) is 36.8 Å². The summed E-state index contributed by atoms with van der Waals surface area (Å²) in [5, 5.41) is 0. The Morgan fingerprint density at radius 1 is 1.10 bits per heavy atom. The summed E-state index contributed by atoms with van der Waals surface area (Å²) in [6.45, 7) is 3.66. The van der Waals surface area contributed by atoms with E-state index < -0.39 is 0 Å². The van der Waals surface area contributed by atoms with Crippen LogP contribution in [0.2, 0.25) is 0 Å². The molecular formula is C24H26FN3O3. The molecule has 0 radical (unpaired) electrons. The van der Waals surface area contributed by atoms with Gasteiger partial charge in [-0.3, -0.25) is 9.69 Å². The van der Waals surface area contributed by atoms with Crippen LogP contribution in [0, 0.1) is 12.7 Å². The van der Waals surface area contributed by atoms with Gasteiger partial charge in [-0.2, -0.15) is 0 Å². The first-order valence-electron chi connectivity index (χ1n) is 10.2. The molecule has 31 heavy (non-hydrogen) atoms. The van der Waals surface area contributed by atoms with E-state index >= 15 is 0 Å². The quantitative estimate of drug-likeness (QED) is 0.656.